The Morgan fingerprint density at radius 3 is 2.38 bits per heavy atom. The number of hydrazine groups is 1. The first-order chi connectivity index (χ1) is 12.2. The van der Waals surface area contributed by atoms with Gasteiger partial charge in [0.25, 0.3) is 0 Å². The summed E-state index contributed by atoms with van der Waals surface area (Å²) in [5, 5.41) is 0. The quantitative estimate of drug-likeness (QED) is 0.750. The van der Waals surface area contributed by atoms with Gasteiger partial charge in [0.15, 0.2) is 0 Å². The van der Waals surface area contributed by atoms with Gasteiger partial charge in [0, 0.05) is 25.4 Å². The van der Waals surface area contributed by atoms with Crippen LogP contribution in [0.15, 0.2) is 29.2 Å². The second-order valence-electron chi connectivity index (χ2n) is 6.74. The van der Waals surface area contributed by atoms with Gasteiger partial charge in [0.2, 0.25) is 21.8 Å². The second kappa shape index (κ2) is 8.59. The van der Waals surface area contributed by atoms with E-state index in [-0.39, 0.29) is 35.7 Å². The van der Waals surface area contributed by atoms with Crippen molar-refractivity contribution in [2.75, 3.05) is 13.1 Å². The Hall–Kier alpha value is -2.00. The second-order valence-corrected chi connectivity index (χ2v) is 8.65. The van der Waals surface area contributed by atoms with Crippen molar-refractivity contribution in [3.63, 3.8) is 0 Å². The number of nitrogens with one attached hydrogen (secondary N) is 2. The summed E-state index contributed by atoms with van der Waals surface area (Å²) in [6, 6.07) is 5.23. The predicted molar refractivity (Wildman–Crippen MR) is 93.6 cm³/mol. The van der Waals surface area contributed by atoms with E-state index in [4.69, 9.17) is 0 Å². The van der Waals surface area contributed by atoms with E-state index < -0.39 is 21.8 Å². The highest BCUT2D eigenvalue weighted by Crippen LogP contribution is 2.25. The fraction of sp³-hybridized carbons (Fsp3) is 0.529. The molecule has 2 rings (SSSR count). The number of hydrogen-bond acceptors (Lipinski definition) is 4. The molecule has 0 aromatic heterocycles. The van der Waals surface area contributed by atoms with Crippen LogP contribution in [0.1, 0.15) is 33.1 Å². The molecule has 1 aliphatic heterocycles. The molecule has 1 aromatic rings. The van der Waals surface area contributed by atoms with Crippen molar-refractivity contribution < 1.29 is 22.4 Å². The Labute approximate surface area is 153 Å². The first-order valence-corrected chi connectivity index (χ1v) is 9.99. The van der Waals surface area contributed by atoms with Crippen molar-refractivity contribution in [2.45, 2.75) is 38.0 Å². The lowest BCUT2D eigenvalue weighted by Crippen LogP contribution is -2.48. The topological polar surface area (TPSA) is 95.6 Å². The number of benzene rings is 1. The minimum atomic E-state index is -3.92. The zero-order valence-electron chi connectivity index (χ0n) is 14.9. The Morgan fingerprint density at radius 1 is 1.19 bits per heavy atom. The van der Waals surface area contributed by atoms with Crippen LogP contribution in [0.2, 0.25) is 0 Å². The number of hydrogen-bond donors (Lipinski definition) is 2. The van der Waals surface area contributed by atoms with E-state index in [1.165, 1.54) is 22.5 Å². The molecule has 1 fully saturated rings. The highest BCUT2D eigenvalue weighted by Gasteiger charge is 2.33. The van der Waals surface area contributed by atoms with Crippen LogP contribution in [0.3, 0.4) is 0 Å². The zero-order valence-corrected chi connectivity index (χ0v) is 15.7. The van der Waals surface area contributed by atoms with Gasteiger partial charge in [-0.05, 0) is 30.9 Å². The summed E-state index contributed by atoms with van der Waals surface area (Å²) in [6.45, 7) is 4.03. The molecule has 0 radical (unpaired) electrons. The fourth-order valence-corrected chi connectivity index (χ4v) is 4.34. The number of rotatable bonds is 5. The number of nitrogens with zero attached hydrogens (tertiary/aromatic N) is 1. The Kier molecular flexibility index (Phi) is 6.71. The van der Waals surface area contributed by atoms with Crippen LogP contribution in [0.4, 0.5) is 4.39 Å². The fourth-order valence-electron chi connectivity index (χ4n) is 2.81. The standard InChI is InChI=1S/C17H24FN3O4S/c1-12(2)11-16(22)19-20-17(23)13-7-9-21(10-8-13)26(24,25)15-6-4-3-5-14(15)18/h3-6,12-13H,7-11H2,1-2H3,(H,19,22)(H,20,23). The first-order valence-electron chi connectivity index (χ1n) is 8.55. The number of halogens is 1. The van der Waals surface area contributed by atoms with Crippen LogP contribution in [-0.4, -0.2) is 37.6 Å². The van der Waals surface area contributed by atoms with Crippen molar-refractivity contribution in [2.24, 2.45) is 11.8 Å². The van der Waals surface area contributed by atoms with Gasteiger partial charge >= 0.3 is 0 Å². The zero-order chi connectivity index (χ0) is 19.3. The van der Waals surface area contributed by atoms with Gasteiger partial charge in [-0.1, -0.05) is 26.0 Å². The average Bonchev–Trinajstić information content (AvgIpc) is 2.59. The van der Waals surface area contributed by atoms with Gasteiger partial charge in [0.1, 0.15) is 10.7 Å². The summed E-state index contributed by atoms with van der Waals surface area (Å²) in [5.74, 6) is -1.63. The molecule has 1 aliphatic rings. The lowest BCUT2D eigenvalue weighted by atomic mass is 9.98. The molecule has 144 valence electrons. The molecule has 0 bridgehead atoms. The number of carbonyl (C=O) groups is 2. The highest BCUT2D eigenvalue weighted by atomic mass is 32.2. The van der Waals surface area contributed by atoms with Crippen molar-refractivity contribution in [1.82, 2.24) is 15.2 Å². The molecule has 2 N–H and O–H groups in total. The Balaban J connectivity index is 1.89. The molecule has 7 nitrogen and oxygen atoms in total. The Bertz CT molecular complexity index is 759. The third-order valence-electron chi connectivity index (χ3n) is 4.20. The van der Waals surface area contributed by atoms with E-state index in [1.54, 1.807) is 0 Å². The van der Waals surface area contributed by atoms with E-state index in [9.17, 15) is 22.4 Å². The van der Waals surface area contributed by atoms with Gasteiger partial charge in [-0.3, -0.25) is 20.4 Å². The van der Waals surface area contributed by atoms with Crippen LogP contribution in [0, 0.1) is 17.7 Å². The van der Waals surface area contributed by atoms with Gasteiger partial charge in [0.05, 0.1) is 0 Å². The molecule has 2 amide bonds. The molecule has 0 unspecified atom stereocenters. The third-order valence-corrected chi connectivity index (χ3v) is 6.13. The third kappa shape index (κ3) is 5.01. The maximum atomic E-state index is 13.8. The van der Waals surface area contributed by atoms with Gasteiger partial charge in [-0.25, -0.2) is 12.8 Å². The van der Waals surface area contributed by atoms with Crippen LogP contribution >= 0.6 is 0 Å². The maximum Gasteiger partial charge on any atom is 0.245 e. The SMILES string of the molecule is CC(C)CC(=O)NNC(=O)C1CCN(S(=O)(=O)c2ccccc2F)CC1. The lowest BCUT2D eigenvalue weighted by Gasteiger charge is -2.30. The molecule has 0 atom stereocenters. The molecule has 1 saturated heterocycles. The van der Waals surface area contributed by atoms with E-state index in [0.29, 0.717) is 19.3 Å². The van der Waals surface area contributed by atoms with Gasteiger partial charge in [-0.15, -0.1) is 0 Å². The van der Waals surface area contributed by atoms with Crippen molar-refractivity contribution in [1.29, 1.82) is 0 Å². The lowest BCUT2D eigenvalue weighted by molar-refractivity contribution is -0.132. The highest BCUT2D eigenvalue weighted by molar-refractivity contribution is 7.89. The molecule has 9 heteroatoms. The molecule has 26 heavy (non-hydrogen) atoms. The maximum absolute atomic E-state index is 13.8. The van der Waals surface area contributed by atoms with E-state index >= 15 is 0 Å². The van der Waals surface area contributed by atoms with E-state index in [2.05, 4.69) is 10.9 Å². The molecular weight excluding hydrogens is 361 g/mol. The smallest absolute Gasteiger partial charge is 0.245 e. The Morgan fingerprint density at radius 2 is 1.81 bits per heavy atom. The molecule has 0 spiro atoms. The van der Waals surface area contributed by atoms with Crippen LogP contribution in [0.5, 0.6) is 0 Å². The number of carbonyl (C=O) groups excluding carboxylic acids is 2. The molecular formula is C17H24FN3O4S. The number of amides is 2. The molecule has 1 heterocycles. The van der Waals surface area contributed by atoms with Crippen LogP contribution in [0.25, 0.3) is 0 Å². The summed E-state index contributed by atoms with van der Waals surface area (Å²) in [5.41, 5.74) is 4.75. The molecule has 0 aliphatic carbocycles. The monoisotopic (exact) mass is 385 g/mol. The normalized spacial score (nSPS) is 16.5. The molecule has 0 saturated carbocycles. The van der Waals surface area contributed by atoms with Crippen molar-refractivity contribution in [3.05, 3.63) is 30.1 Å². The predicted octanol–water partition coefficient (Wildman–Crippen LogP) is 1.42. The minimum absolute atomic E-state index is 0.120. The van der Waals surface area contributed by atoms with Crippen molar-refractivity contribution in [3.8, 4) is 0 Å². The largest absolute Gasteiger partial charge is 0.273 e. The average molecular weight is 385 g/mol. The van der Waals surface area contributed by atoms with Gasteiger partial charge in [-0.2, -0.15) is 4.31 Å². The summed E-state index contributed by atoms with van der Waals surface area (Å²) in [6.07, 6.45) is 0.915. The summed E-state index contributed by atoms with van der Waals surface area (Å²) >= 11 is 0. The van der Waals surface area contributed by atoms with Crippen molar-refractivity contribution >= 4 is 21.8 Å². The summed E-state index contributed by atoms with van der Waals surface area (Å²) < 4.78 is 40.0. The minimum Gasteiger partial charge on any atom is -0.273 e. The van der Waals surface area contributed by atoms with Crippen LogP contribution < -0.4 is 10.9 Å². The number of sulfonamides is 1. The molecule has 1 aromatic carbocycles. The number of piperidine rings is 1. The van der Waals surface area contributed by atoms with Crippen LogP contribution in [-0.2, 0) is 19.6 Å². The van der Waals surface area contributed by atoms with Gasteiger partial charge < -0.3 is 0 Å². The van der Waals surface area contributed by atoms with E-state index in [0.717, 1.165) is 6.07 Å². The summed E-state index contributed by atoms with van der Waals surface area (Å²) in [7, 11) is -3.92. The van der Waals surface area contributed by atoms with E-state index in [1.807, 2.05) is 13.8 Å². The first kappa shape index (κ1) is 20.3. The summed E-state index contributed by atoms with van der Waals surface area (Å²) in [4.78, 5) is 23.3.